The first kappa shape index (κ1) is 19.8. The number of tetrazole rings is 1. The Kier molecular flexibility index (Phi) is 6.54. The molecule has 0 aliphatic carbocycles. The largest absolute Gasteiger partial charge is 0.345 e. The summed E-state index contributed by atoms with van der Waals surface area (Å²) < 4.78 is 1.59. The van der Waals surface area contributed by atoms with Crippen molar-refractivity contribution in [2.45, 2.75) is 31.5 Å². The molecule has 144 valence electrons. The molecule has 1 aromatic heterocycles. The molecule has 2 aromatic carbocycles. The summed E-state index contributed by atoms with van der Waals surface area (Å²) in [5.74, 6) is -0.198. The van der Waals surface area contributed by atoms with Crippen molar-refractivity contribution < 1.29 is 9.59 Å². The third-order valence-corrected chi connectivity index (χ3v) is 5.08. The van der Waals surface area contributed by atoms with Gasteiger partial charge in [0.2, 0.25) is 11.1 Å². The number of hydrogen-bond acceptors (Lipinski definition) is 6. The summed E-state index contributed by atoms with van der Waals surface area (Å²) in [6.07, 6.45) is 0.466. The summed E-state index contributed by atoms with van der Waals surface area (Å²) in [7, 11) is 0. The Labute approximate surface area is 167 Å². The Morgan fingerprint density at radius 2 is 1.82 bits per heavy atom. The molecule has 0 saturated carbocycles. The van der Waals surface area contributed by atoms with Gasteiger partial charge in [-0.25, -0.2) is 0 Å². The smallest absolute Gasteiger partial charge is 0.231 e. The molecule has 3 aromatic rings. The number of amides is 1. The lowest BCUT2D eigenvalue weighted by atomic mass is 10.0. The van der Waals surface area contributed by atoms with Crippen LogP contribution in [-0.4, -0.2) is 43.7 Å². The molecule has 0 fully saturated rings. The first-order chi connectivity index (χ1) is 13.5. The number of thioether (sulfide) groups is 1. The zero-order valence-electron chi connectivity index (χ0n) is 15.7. The van der Waals surface area contributed by atoms with Gasteiger partial charge in [0.05, 0.1) is 17.5 Å². The molecule has 1 atom stereocenters. The molecule has 1 amide bonds. The molecule has 0 spiro atoms. The van der Waals surface area contributed by atoms with Crippen LogP contribution in [0, 0.1) is 6.92 Å². The van der Waals surface area contributed by atoms with Crippen LogP contribution in [0.15, 0.2) is 59.8 Å². The molecule has 8 heteroatoms. The molecule has 1 N–H and O–H groups in total. The second-order valence-corrected chi connectivity index (χ2v) is 7.36. The number of carbonyl (C=O) groups excluding carboxylic acids is 2. The van der Waals surface area contributed by atoms with Gasteiger partial charge in [0.1, 0.15) is 0 Å². The van der Waals surface area contributed by atoms with Crippen LogP contribution in [0.3, 0.4) is 0 Å². The molecular formula is C20H21N5O2S. The van der Waals surface area contributed by atoms with Crippen LogP contribution in [0.4, 0.5) is 0 Å². The molecule has 0 unspecified atom stereocenters. The highest BCUT2D eigenvalue weighted by Gasteiger charge is 2.19. The summed E-state index contributed by atoms with van der Waals surface area (Å²) in [6.45, 7) is 3.49. The van der Waals surface area contributed by atoms with E-state index in [1.807, 2.05) is 61.5 Å². The number of aromatic nitrogens is 4. The van der Waals surface area contributed by atoms with E-state index in [9.17, 15) is 9.59 Å². The summed E-state index contributed by atoms with van der Waals surface area (Å²) in [4.78, 5) is 24.3. The predicted octanol–water partition coefficient (Wildman–Crippen LogP) is 2.38. The number of nitrogens with zero attached hydrogens (tertiary/aromatic N) is 4. The molecule has 1 heterocycles. The average molecular weight is 395 g/mol. The highest BCUT2D eigenvalue weighted by molar-refractivity contribution is 7.99. The number of hydrogen-bond donors (Lipinski definition) is 1. The number of Topliss-reactive ketones (excluding diaryl/α,β-unsaturated/α-hetero) is 1. The van der Waals surface area contributed by atoms with Crippen LogP contribution in [0.1, 0.15) is 18.1 Å². The van der Waals surface area contributed by atoms with Crippen LogP contribution >= 0.6 is 11.8 Å². The van der Waals surface area contributed by atoms with Gasteiger partial charge in [-0.2, -0.15) is 4.68 Å². The zero-order valence-corrected chi connectivity index (χ0v) is 16.5. The summed E-state index contributed by atoms with van der Waals surface area (Å²) in [6, 6.07) is 16.8. The molecule has 28 heavy (non-hydrogen) atoms. The van der Waals surface area contributed by atoms with Crippen LogP contribution in [0.5, 0.6) is 0 Å². The van der Waals surface area contributed by atoms with Gasteiger partial charge < -0.3 is 5.32 Å². The number of nitrogens with one attached hydrogen (secondary N) is 1. The number of carbonyl (C=O) groups is 2. The van der Waals surface area contributed by atoms with Crippen molar-refractivity contribution in [3.05, 3.63) is 65.7 Å². The highest BCUT2D eigenvalue weighted by Crippen LogP contribution is 2.18. The van der Waals surface area contributed by atoms with Crippen LogP contribution in [-0.2, 0) is 16.0 Å². The van der Waals surface area contributed by atoms with E-state index in [0.717, 1.165) is 16.8 Å². The van der Waals surface area contributed by atoms with Gasteiger partial charge in [0.15, 0.2) is 5.78 Å². The van der Waals surface area contributed by atoms with E-state index in [1.165, 1.54) is 18.7 Å². The van der Waals surface area contributed by atoms with Crippen molar-refractivity contribution in [2.75, 3.05) is 5.75 Å². The minimum atomic E-state index is -0.552. The maximum absolute atomic E-state index is 12.4. The fraction of sp³-hybridized carbons (Fsp3) is 0.250. The second kappa shape index (κ2) is 9.27. The number of aryl methyl sites for hydroxylation is 1. The maximum atomic E-state index is 12.4. The van der Waals surface area contributed by atoms with Crippen molar-refractivity contribution in [1.82, 2.24) is 25.5 Å². The summed E-state index contributed by atoms with van der Waals surface area (Å²) >= 11 is 1.22. The summed E-state index contributed by atoms with van der Waals surface area (Å²) in [5, 5.41) is 15.0. The molecular weight excluding hydrogens is 374 g/mol. The Hall–Kier alpha value is -3.00. The minimum absolute atomic E-state index is 0.0771. The quantitative estimate of drug-likeness (QED) is 0.589. The third-order valence-electron chi connectivity index (χ3n) is 4.16. The molecule has 0 saturated heterocycles. The third kappa shape index (κ3) is 5.26. The first-order valence-corrected chi connectivity index (χ1v) is 9.83. The van der Waals surface area contributed by atoms with Crippen LogP contribution < -0.4 is 5.32 Å². The zero-order chi connectivity index (χ0) is 19.9. The molecule has 0 bridgehead atoms. The van der Waals surface area contributed by atoms with Gasteiger partial charge in [0, 0.05) is 0 Å². The van der Waals surface area contributed by atoms with E-state index in [-0.39, 0.29) is 17.4 Å². The molecule has 0 radical (unpaired) electrons. The van der Waals surface area contributed by atoms with Crippen molar-refractivity contribution in [1.29, 1.82) is 0 Å². The molecule has 0 aliphatic rings. The summed E-state index contributed by atoms with van der Waals surface area (Å²) in [5.41, 5.74) is 2.96. The van der Waals surface area contributed by atoms with E-state index in [4.69, 9.17) is 0 Å². The van der Waals surface area contributed by atoms with E-state index in [2.05, 4.69) is 20.8 Å². The van der Waals surface area contributed by atoms with Crippen molar-refractivity contribution >= 4 is 23.5 Å². The number of ketones is 1. The monoisotopic (exact) mass is 395 g/mol. The normalized spacial score (nSPS) is 11.8. The highest BCUT2D eigenvalue weighted by atomic mass is 32.2. The first-order valence-electron chi connectivity index (χ1n) is 8.85. The second-order valence-electron chi connectivity index (χ2n) is 6.42. The minimum Gasteiger partial charge on any atom is -0.345 e. The predicted molar refractivity (Wildman–Crippen MR) is 107 cm³/mol. The maximum Gasteiger partial charge on any atom is 0.231 e. The average Bonchev–Trinajstić information content (AvgIpc) is 3.16. The molecule has 0 aliphatic heterocycles. The lowest BCUT2D eigenvalue weighted by Gasteiger charge is -2.16. The van der Waals surface area contributed by atoms with Crippen LogP contribution in [0.2, 0.25) is 0 Å². The van der Waals surface area contributed by atoms with Crippen molar-refractivity contribution in [3.63, 3.8) is 0 Å². The Bertz CT molecular complexity index is 941. The van der Waals surface area contributed by atoms with Crippen molar-refractivity contribution in [3.8, 4) is 5.69 Å². The Morgan fingerprint density at radius 3 is 2.50 bits per heavy atom. The molecule has 3 rings (SSSR count). The van der Waals surface area contributed by atoms with Gasteiger partial charge in [-0.3, -0.25) is 9.59 Å². The Balaban J connectivity index is 1.60. The van der Waals surface area contributed by atoms with Gasteiger partial charge in [-0.05, 0) is 48.4 Å². The van der Waals surface area contributed by atoms with Gasteiger partial charge in [-0.1, -0.05) is 59.8 Å². The van der Waals surface area contributed by atoms with Crippen molar-refractivity contribution in [2.24, 2.45) is 0 Å². The van der Waals surface area contributed by atoms with E-state index >= 15 is 0 Å². The van der Waals surface area contributed by atoms with Crippen LogP contribution in [0.25, 0.3) is 5.69 Å². The van der Waals surface area contributed by atoms with Gasteiger partial charge in [-0.15, -0.1) is 5.10 Å². The topological polar surface area (TPSA) is 89.8 Å². The SMILES string of the molecule is CC(=O)[C@H](Cc1ccccc1)NC(=O)CSc1nnnn1-c1ccc(C)cc1. The van der Waals surface area contributed by atoms with E-state index in [0.29, 0.717) is 11.6 Å². The number of benzene rings is 2. The van der Waals surface area contributed by atoms with E-state index in [1.54, 1.807) is 4.68 Å². The van der Waals surface area contributed by atoms with E-state index < -0.39 is 6.04 Å². The lowest BCUT2D eigenvalue weighted by molar-refractivity contribution is -0.125. The fourth-order valence-corrected chi connectivity index (χ4v) is 3.33. The lowest BCUT2D eigenvalue weighted by Crippen LogP contribution is -2.42. The molecule has 7 nitrogen and oxygen atoms in total. The number of rotatable bonds is 8. The standard InChI is InChI=1S/C20H21N5O2S/c1-14-8-10-17(11-9-14)25-20(22-23-24-25)28-13-19(27)21-18(15(2)26)12-16-6-4-3-5-7-16/h3-11,18H,12-13H2,1-2H3,(H,21,27)/t18-/m0/s1. The fourth-order valence-electron chi connectivity index (χ4n) is 2.63. The van der Waals surface area contributed by atoms with Gasteiger partial charge >= 0.3 is 0 Å². The Morgan fingerprint density at radius 1 is 1.11 bits per heavy atom. The van der Waals surface area contributed by atoms with Gasteiger partial charge in [0.25, 0.3) is 0 Å².